The molecule has 0 spiro atoms. The maximum atomic E-state index is 13.6. The van der Waals surface area contributed by atoms with Crippen molar-refractivity contribution in [2.45, 2.75) is 32.9 Å². The zero-order valence-electron chi connectivity index (χ0n) is 11.8. The Labute approximate surface area is 124 Å². The standard InChI is InChI=1S/C17H19ClFN/c1-12-6-7-17(19)15(8-12)11-20-13(2)9-14-4-3-5-16(18)10-14/h3-8,10,13,20H,9,11H2,1-2H3. The summed E-state index contributed by atoms with van der Waals surface area (Å²) in [6.07, 6.45) is 0.869. The zero-order chi connectivity index (χ0) is 14.5. The molecule has 2 aromatic rings. The summed E-state index contributed by atoms with van der Waals surface area (Å²) in [4.78, 5) is 0. The summed E-state index contributed by atoms with van der Waals surface area (Å²) < 4.78 is 13.6. The largest absolute Gasteiger partial charge is 0.310 e. The Balaban J connectivity index is 1.92. The van der Waals surface area contributed by atoms with Crippen LogP contribution in [0.1, 0.15) is 23.6 Å². The Bertz CT molecular complexity index is 583. The monoisotopic (exact) mass is 291 g/mol. The lowest BCUT2D eigenvalue weighted by Gasteiger charge is -2.15. The highest BCUT2D eigenvalue weighted by atomic mass is 35.5. The van der Waals surface area contributed by atoms with Crippen LogP contribution in [0.5, 0.6) is 0 Å². The summed E-state index contributed by atoms with van der Waals surface area (Å²) in [5.41, 5.74) is 2.97. The Morgan fingerprint density at radius 2 is 2.00 bits per heavy atom. The molecule has 20 heavy (non-hydrogen) atoms. The van der Waals surface area contributed by atoms with E-state index in [2.05, 4.69) is 18.3 Å². The van der Waals surface area contributed by atoms with Crippen molar-refractivity contribution in [2.24, 2.45) is 0 Å². The van der Waals surface area contributed by atoms with Crippen LogP contribution in [0.2, 0.25) is 5.02 Å². The molecule has 0 aliphatic carbocycles. The highest BCUT2D eigenvalue weighted by Crippen LogP contribution is 2.13. The van der Waals surface area contributed by atoms with Crippen molar-refractivity contribution in [3.63, 3.8) is 0 Å². The first-order valence-corrected chi connectivity index (χ1v) is 7.15. The van der Waals surface area contributed by atoms with Crippen molar-refractivity contribution in [1.29, 1.82) is 0 Å². The fourth-order valence-electron chi connectivity index (χ4n) is 2.21. The minimum Gasteiger partial charge on any atom is -0.310 e. The molecule has 3 heteroatoms. The molecule has 0 bridgehead atoms. The van der Waals surface area contributed by atoms with E-state index >= 15 is 0 Å². The minimum atomic E-state index is -0.155. The van der Waals surface area contributed by atoms with Crippen LogP contribution >= 0.6 is 11.6 Å². The van der Waals surface area contributed by atoms with Gasteiger partial charge in [0.05, 0.1) is 0 Å². The molecule has 1 atom stereocenters. The molecule has 0 heterocycles. The van der Waals surface area contributed by atoms with Gasteiger partial charge in [0.15, 0.2) is 0 Å². The van der Waals surface area contributed by atoms with Crippen molar-refractivity contribution in [3.05, 3.63) is 70.0 Å². The summed E-state index contributed by atoms with van der Waals surface area (Å²) in [5, 5.41) is 4.10. The van der Waals surface area contributed by atoms with Gasteiger partial charge in [0, 0.05) is 23.2 Å². The van der Waals surface area contributed by atoms with E-state index in [-0.39, 0.29) is 11.9 Å². The van der Waals surface area contributed by atoms with Crippen LogP contribution in [0.4, 0.5) is 4.39 Å². The van der Waals surface area contributed by atoms with Gasteiger partial charge in [-0.15, -0.1) is 0 Å². The molecule has 0 aromatic heterocycles. The lowest BCUT2D eigenvalue weighted by atomic mass is 10.1. The molecule has 0 saturated carbocycles. The number of halogens is 2. The average molecular weight is 292 g/mol. The van der Waals surface area contributed by atoms with Crippen molar-refractivity contribution in [1.82, 2.24) is 5.32 Å². The van der Waals surface area contributed by atoms with Crippen molar-refractivity contribution >= 4 is 11.6 Å². The first-order valence-electron chi connectivity index (χ1n) is 6.77. The van der Waals surface area contributed by atoms with Crippen molar-refractivity contribution < 1.29 is 4.39 Å². The summed E-state index contributed by atoms with van der Waals surface area (Å²) in [6.45, 7) is 4.60. The number of hydrogen-bond donors (Lipinski definition) is 1. The third-order valence-corrected chi connectivity index (χ3v) is 3.51. The van der Waals surface area contributed by atoms with Gasteiger partial charge in [0.25, 0.3) is 0 Å². The van der Waals surface area contributed by atoms with Crippen LogP contribution in [-0.2, 0) is 13.0 Å². The first kappa shape index (κ1) is 15.0. The van der Waals surface area contributed by atoms with E-state index in [0.717, 1.165) is 17.0 Å². The van der Waals surface area contributed by atoms with Crippen LogP contribution in [0.15, 0.2) is 42.5 Å². The van der Waals surface area contributed by atoms with Gasteiger partial charge < -0.3 is 5.32 Å². The predicted octanol–water partition coefficient (Wildman–Crippen LogP) is 4.51. The number of aryl methyl sites for hydroxylation is 1. The molecule has 0 saturated heterocycles. The normalized spacial score (nSPS) is 12.4. The Hall–Kier alpha value is -1.38. The molecule has 0 fully saturated rings. The molecule has 1 nitrogen and oxygen atoms in total. The van der Waals surface area contributed by atoms with E-state index in [0.29, 0.717) is 12.1 Å². The Kier molecular flexibility index (Phi) is 5.16. The van der Waals surface area contributed by atoms with Crippen LogP contribution in [0.3, 0.4) is 0 Å². The van der Waals surface area contributed by atoms with Crippen molar-refractivity contribution in [2.75, 3.05) is 0 Å². The van der Waals surface area contributed by atoms with Crippen LogP contribution in [0.25, 0.3) is 0 Å². The van der Waals surface area contributed by atoms with Gasteiger partial charge in [-0.25, -0.2) is 4.39 Å². The van der Waals surface area contributed by atoms with E-state index in [1.54, 1.807) is 6.07 Å². The van der Waals surface area contributed by atoms with Gasteiger partial charge in [0.1, 0.15) is 5.82 Å². The fourth-order valence-corrected chi connectivity index (χ4v) is 2.43. The van der Waals surface area contributed by atoms with E-state index in [9.17, 15) is 4.39 Å². The van der Waals surface area contributed by atoms with E-state index in [1.165, 1.54) is 11.6 Å². The average Bonchev–Trinajstić information content (AvgIpc) is 2.40. The van der Waals surface area contributed by atoms with Gasteiger partial charge in [-0.3, -0.25) is 0 Å². The third kappa shape index (κ3) is 4.32. The highest BCUT2D eigenvalue weighted by molar-refractivity contribution is 6.30. The minimum absolute atomic E-state index is 0.155. The molecular formula is C17H19ClFN. The maximum Gasteiger partial charge on any atom is 0.127 e. The van der Waals surface area contributed by atoms with E-state index < -0.39 is 0 Å². The SMILES string of the molecule is Cc1ccc(F)c(CNC(C)Cc2cccc(Cl)c2)c1. The number of hydrogen-bond acceptors (Lipinski definition) is 1. The Morgan fingerprint density at radius 3 is 2.75 bits per heavy atom. The lowest BCUT2D eigenvalue weighted by molar-refractivity contribution is 0.525. The topological polar surface area (TPSA) is 12.0 Å². The fraction of sp³-hybridized carbons (Fsp3) is 0.294. The molecule has 0 aliphatic rings. The maximum absolute atomic E-state index is 13.6. The zero-order valence-corrected chi connectivity index (χ0v) is 12.5. The van der Waals surface area contributed by atoms with Crippen molar-refractivity contribution in [3.8, 4) is 0 Å². The smallest absolute Gasteiger partial charge is 0.127 e. The van der Waals surface area contributed by atoms with Crippen LogP contribution in [-0.4, -0.2) is 6.04 Å². The summed E-state index contributed by atoms with van der Waals surface area (Å²) in [5.74, 6) is -0.155. The second-order valence-corrected chi connectivity index (χ2v) is 5.65. The molecule has 0 radical (unpaired) electrons. The molecule has 2 aromatic carbocycles. The van der Waals surface area contributed by atoms with Gasteiger partial charge in [-0.05, 0) is 44.0 Å². The van der Waals surface area contributed by atoms with Crippen LogP contribution < -0.4 is 5.32 Å². The van der Waals surface area contributed by atoms with Gasteiger partial charge in [-0.1, -0.05) is 41.4 Å². The highest BCUT2D eigenvalue weighted by Gasteiger charge is 2.06. The van der Waals surface area contributed by atoms with E-state index in [1.807, 2.05) is 31.2 Å². The van der Waals surface area contributed by atoms with Gasteiger partial charge in [0.2, 0.25) is 0 Å². The van der Waals surface area contributed by atoms with Crippen LogP contribution in [0, 0.1) is 12.7 Å². The second-order valence-electron chi connectivity index (χ2n) is 5.21. The summed E-state index contributed by atoms with van der Waals surface area (Å²) in [6, 6.07) is 13.3. The Morgan fingerprint density at radius 1 is 1.20 bits per heavy atom. The molecule has 106 valence electrons. The number of nitrogens with one attached hydrogen (secondary N) is 1. The third-order valence-electron chi connectivity index (χ3n) is 3.27. The number of benzene rings is 2. The summed E-state index contributed by atoms with van der Waals surface area (Å²) in [7, 11) is 0. The second kappa shape index (κ2) is 6.87. The quantitative estimate of drug-likeness (QED) is 0.855. The van der Waals surface area contributed by atoms with Gasteiger partial charge >= 0.3 is 0 Å². The first-order chi connectivity index (χ1) is 9.54. The predicted molar refractivity (Wildman–Crippen MR) is 82.6 cm³/mol. The lowest BCUT2D eigenvalue weighted by Crippen LogP contribution is -2.28. The van der Waals surface area contributed by atoms with E-state index in [4.69, 9.17) is 11.6 Å². The van der Waals surface area contributed by atoms with Gasteiger partial charge in [-0.2, -0.15) is 0 Å². The molecule has 0 aliphatic heterocycles. The molecule has 1 unspecified atom stereocenters. The molecule has 1 N–H and O–H groups in total. The molecule has 0 amide bonds. The molecular weight excluding hydrogens is 273 g/mol. The summed E-state index contributed by atoms with van der Waals surface area (Å²) >= 11 is 5.97. The molecule has 2 rings (SSSR count). The number of rotatable bonds is 5.